The lowest BCUT2D eigenvalue weighted by atomic mass is 10.2. The van der Waals surface area contributed by atoms with Gasteiger partial charge in [0, 0.05) is 28.7 Å². The largest absolute Gasteiger partial charge is 0.480 e. The van der Waals surface area contributed by atoms with Gasteiger partial charge in [-0.05, 0) is 15.9 Å². The molecule has 1 atom stereocenters. The number of aromatic amines is 1. The van der Waals surface area contributed by atoms with Gasteiger partial charge in [-0.2, -0.15) is 0 Å². The summed E-state index contributed by atoms with van der Waals surface area (Å²) in [5.41, 5.74) is 7.03. The molecule has 2 rings (SSSR count). The Morgan fingerprint density at radius 3 is 3.11 bits per heavy atom. The molecule has 0 bridgehead atoms. The van der Waals surface area contributed by atoms with Gasteiger partial charge >= 0.3 is 5.97 Å². The number of carbonyl (C=O) groups is 1. The minimum absolute atomic E-state index is 0.116. The number of fused-ring (bicyclic) bond motifs is 1. The second kappa shape index (κ2) is 5.21. The summed E-state index contributed by atoms with van der Waals surface area (Å²) in [6.07, 6.45) is 5.26. The quantitative estimate of drug-likeness (QED) is 0.733. The first-order chi connectivity index (χ1) is 8.59. The van der Waals surface area contributed by atoms with Crippen LogP contribution in [0, 0.1) is 11.8 Å². The van der Waals surface area contributed by atoms with Gasteiger partial charge in [0.2, 0.25) is 0 Å². The van der Waals surface area contributed by atoms with Crippen LogP contribution in [0.3, 0.4) is 0 Å². The molecule has 6 heteroatoms. The van der Waals surface area contributed by atoms with E-state index >= 15 is 0 Å². The maximum absolute atomic E-state index is 10.5. The third kappa shape index (κ3) is 2.53. The Morgan fingerprint density at radius 2 is 2.39 bits per heavy atom. The van der Waals surface area contributed by atoms with Gasteiger partial charge in [-0.15, -0.1) is 0 Å². The first-order valence-corrected chi connectivity index (χ1v) is 5.96. The van der Waals surface area contributed by atoms with Crippen LogP contribution in [0.25, 0.3) is 10.9 Å². The van der Waals surface area contributed by atoms with Gasteiger partial charge in [0.1, 0.15) is 6.04 Å². The Balaban J connectivity index is 2.28. The Bertz CT molecular complexity index is 654. The molecular weight excluding hydrogens is 298 g/mol. The average molecular weight is 308 g/mol. The number of nitrogens with one attached hydrogen (secondary N) is 1. The van der Waals surface area contributed by atoms with Gasteiger partial charge in [0.15, 0.2) is 0 Å². The summed E-state index contributed by atoms with van der Waals surface area (Å²) in [7, 11) is 0. The summed E-state index contributed by atoms with van der Waals surface area (Å²) >= 11 is 3.40. The molecule has 2 aromatic rings. The maximum atomic E-state index is 10.5. The molecule has 5 nitrogen and oxygen atoms in total. The highest BCUT2D eigenvalue weighted by Crippen LogP contribution is 2.25. The summed E-state index contributed by atoms with van der Waals surface area (Å²) in [5, 5.41) is 9.57. The Hall–Kier alpha value is -1.84. The van der Waals surface area contributed by atoms with E-state index in [1.165, 1.54) is 0 Å². The van der Waals surface area contributed by atoms with Crippen LogP contribution in [0.1, 0.15) is 12.0 Å². The van der Waals surface area contributed by atoms with Crippen LogP contribution in [-0.4, -0.2) is 27.1 Å². The van der Waals surface area contributed by atoms with E-state index in [4.69, 9.17) is 10.8 Å². The van der Waals surface area contributed by atoms with Crippen LogP contribution in [-0.2, 0) is 4.79 Å². The summed E-state index contributed by atoms with van der Waals surface area (Å²) in [6, 6.07) is -0.951. The van der Waals surface area contributed by atoms with E-state index in [0.29, 0.717) is 0 Å². The summed E-state index contributed by atoms with van der Waals surface area (Å²) in [5.74, 6) is 4.64. The van der Waals surface area contributed by atoms with Crippen molar-refractivity contribution in [3.05, 3.63) is 28.6 Å². The molecule has 0 radical (unpaired) electrons. The molecule has 0 amide bonds. The number of H-pyrrole nitrogens is 1. The third-order valence-corrected chi connectivity index (χ3v) is 3.00. The second-order valence-electron chi connectivity index (χ2n) is 3.70. The van der Waals surface area contributed by atoms with Crippen molar-refractivity contribution in [2.75, 3.05) is 0 Å². The third-order valence-electron chi connectivity index (χ3n) is 2.40. The first kappa shape index (κ1) is 12.6. The van der Waals surface area contributed by atoms with Crippen LogP contribution in [0.15, 0.2) is 23.1 Å². The summed E-state index contributed by atoms with van der Waals surface area (Å²) < 4.78 is 0.841. The van der Waals surface area contributed by atoms with Crippen LogP contribution in [0.4, 0.5) is 0 Å². The van der Waals surface area contributed by atoms with E-state index in [1.54, 1.807) is 18.6 Å². The fourth-order valence-electron chi connectivity index (χ4n) is 1.48. The second-order valence-corrected chi connectivity index (χ2v) is 4.55. The van der Waals surface area contributed by atoms with Crippen molar-refractivity contribution >= 4 is 32.8 Å². The normalized spacial score (nSPS) is 11.9. The van der Waals surface area contributed by atoms with Crippen LogP contribution < -0.4 is 5.73 Å². The molecule has 0 spiro atoms. The molecule has 0 fully saturated rings. The number of hydrogen-bond donors (Lipinski definition) is 3. The molecular formula is C12H10BrN3O2. The Labute approximate surface area is 112 Å². The SMILES string of the molecule is NC(CC#Cc1c[nH]c2cncc(Br)c12)C(=O)O. The lowest BCUT2D eigenvalue weighted by molar-refractivity contribution is -0.138. The number of nitrogens with two attached hydrogens (primary N) is 1. The number of carboxylic acid groups (broad SMARTS) is 1. The van der Waals surface area contributed by atoms with E-state index in [0.717, 1.165) is 20.9 Å². The molecule has 0 aromatic carbocycles. The molecule has 0 saturated heterocycles. The van der Waals surface area contributed by atoms with Crippen molar-refractivity contribution in [3.63, 3.8) is 0 Å². The topological polar surface area (TPSA) is 92.0 Å². The van der Waals surface area contributed by atoms with Gasteiger partial charge in [-0.3, -0.25) is 9.78 Å². The minimum atomic E-state index is -1.05. The Morgan fingerprint density at radius 1 is 1.61 bits per heavy atom. The van der Waals surface area contributed by atoms with Crippen molar-refractivity contribution in [1.82, 2.24) is 9.97 Å². The van der Waals surface area contributed by atoms with Crippen molar-refractivity contribution in [2.45, 2.75) is 12.5 Å². The number of rotatable bonds is 2. The Kier molecular flexibility index (Phi) is 3.65. The number of nitrogens with zero attached hydrogens (tertiary/aromatic N) is 1. The zero-order valence-corrected chi connectivity index (χ0v) is 10.9. The average Bonchev–Trinajstić information content (AvgIpc) is 2.73. The van der Waals surface area contributed by atoms with Gasteiger partial charge in [0.05, 0.1) is 17.3 Å². The number of aromatic nitrogens is 2. The fraction of sp³-hybridized carbons (Fsp3) is 0.167. The molecule has 4 N–H and O–H groups in total. The zero-order chi connectivity index (χ0) is 13.1. The van der Waals surface area contributed by atoms with E-state index in [-0.39, 0.29) is 6.42 Å². The minimum Gasteiger partial charge on any atom is -0.480 e. The molecule has 2 heterocycles. The number of aliphatic carboxylic acids is 1. The van der Waals surface area contributed by atoms with Crippen LogP contribution >= 0.6 is 15.9 Å². The highest BCUT2D eigenvalue weighted by molar-refractivity contribution is 9.10. The number of halogens is 1. The van der Waals surface area contributed by atoms with E-state index in [1.807, 2.05) is 0 Å². The molecule has 92 valence electrons. The lowest BCUT2D eigenvalue weighted by Crippen LogP contribution is -2.29. The lowest BCUT2D eigenvalue weighted by Gasteiger charge is -1.98. The molecule has 2 aromatic heterocycles. The van der Waals surface area contributed by atoms with Gasteiger partial charge in [-0.25, -0.2) is 0 Å². The summed E-state index contributed by atoms with van der Waals surface area (Å²) in [4.78, 5) is 17.6. The standard InChI is InChI=1S/C12H10BrN3O2/c13-8-5-15-6-10-11(8)7(4-16-10)2-1-3-9(14)12(17)18/h4-6,9,16H,3,14H2,(H,17,18). The van der Waals surface area contributed by atoms with Crippen molar-refractivity contribution in [1.29, 1.82) is 0 Å². The van der Waals surface area contributed by atoms with Crippen molar-refractivity contribution in [2.24, 2.45) is 5.73 Å². The molecule has 0 aliphatic rings. The maximum Gasteiger partial charge on any atom is 0.321 e. The highest BCUT2D eigenvalue weighted by Gasteiger charge is 2.09. The number of hydrogen-bond acceptors (Lipinski definition) is 3. The smallest absolute Gasteiger partial charge is 0.321 e. The van der Waals surface area contributed by atoms with E-state index in [9.17, 15) is 4.79 Å². The first-order valence-electron chi connectivity index (χ1n) is 5.17. The van der Waals surface area contributed by atoms with E-state index < -0.39 is 12.0 Å². The fourth-order valence-corrected chi connectivity index (χ4v) is 2.03. The molecule has 18 heavy (non-hydrogen) atoms. The zero-order valence-electron chi connectivity index (χ0n) is 9.27. The number of carboxylic acids is 1. The van der Waals surface area contributed by atoms with Gasteiger partial charge in [0.25, 0.3) is 0 Å². The molecule has 1 unspecified atom stereocenters. The predicted octanol–water partition coefficient (Wildman–Crippen LogP) is 1.48. The van der Waals surface area contributed by atoms with Crippen molar-refractivity contribution < 1.29 is 9.90 Å². The molecule has 0 aliphatic heterocycles. The van der Waals surface area contributed by atoms with Crippen LogP contribution in [0.5, 0.6) is 0 Å². The van der Waals surface area contributed by atoms with Crippen molar-refractivity contribution in [3.8, 4) is 11.8 Å². The number of pyridine rings is 1. The van der Waals surface area contributed by atoms with E-state index in [2.05, 4.69) is 37.7 Å². The molecule has 0 aliphatic carbocycles. The predicted molar refractivity (Wildman–Crippen MR) is 70.9 cm³/mol. The van der Waals surface area contributed by atoms with Crippen LogP contribution in [0.2, 0.25) is 0 Å². The summed E-state index contributed by atoms with van der Waals surface area (Å²) in [6.45, 7) is 0. The van der Waals surface area contributed by atoms with Gasteiger partial charge in [-0.1, -0.05) is 11.8 Å². The van der Waals surface area contributed by atoms with Gasteiger partial charge < -0.3 is 15.8 Å². The monoisotopic (exact) mass is 307 g/mol. The highest BCUT2D eigenvalue weighted by atomic mass is 79.9. The molecule has 0 saturated carbocycles.